The summed E-state index contributed by atoms with van der Waals surface area (Å²) < 4.78 is 0. The van der Waals surface area contributed by atoms with Crippen LogP contribution in [0.4, 0.5) is 0 Å². The van der Waals surface area contributed by atoms with Crippen LogP contribution in [0.1, 0.15) is 19.4 Å². The van der Waals surface area contributed by atoms with Gasteiger partial charge in [0.05, 0.1) is 0 Å². The van der Waals surface area contributed by atoms with Crippen LogP contribution >= 0.6 is 0 Å². The van der Waals surface area contributed by atoms with E-state index in [1.165, 1.54) is 5.56 Å². The van der Waals surface area contributed by atoms with Crippen LogP contribution in [0.2, 0.25) is 0 Å². The smallest absolute Gasteiger partial charge is 0.0201 e. The first-order valence-electron chi connectivity index (χ1n) is 4.66. The molecule has 70 valence electrons. The Kier molecular flexibility index (Phi) is 3.56. The van der Waals surface area contributed by atoms with Gasteiger partial charge in [0.15, 0.2) is 0 Å². The zero-order valence-electron chi connectivity index (χ0n) is 8.38. The van der Waals surface area contributed by atoms with Crippen LogP contribution in [0, 0.1) is 0 Å². The van der Waals surface area contributed by atoms with Gasteiger partial charge in [-0.2, -0.15) is 0 Å². The molecule has 0 aliphatic carbocycles. The van der Waals surface area contributed by atoms with Crippen molar-refractivity contribution in [3.8, 4) is 0 Å². The molecule has 0 spiro atoms. The van der Waals surface area contributed by atoms with E-state index in [1.54, 1.807) is 0 Å². The molecule has 1 aromatic rings. The van der Waals surface area contributed by atoms with Crippen molar-refractivity contribution in [1.82, 2.24) is 5.32 Å². The summed E-state index contributed by atoms with van der Waals surface area (Å²) in [5.41, 5.74) is 2.39. The fourth-order valence-electron chi connectivity index (χ4n) is 1.30. The molecule has 0 aliphatic heterocycles. The minimum absolute atomic E-state index is 0.469. The molecule has 0 bridgehead atoms. The lowest BCUT2D eigenvalue weighted by molar-refractivity contribution is 0.657. The maximum absolute atomic E-state index is 3.98. The molecule has 0 atom stereocenters. The van der Waals surface area contributed by atoms with Gasteiger partial charge in [-0.1, -0.05) is 36.9 Å². The van der Waals surface area contributed by atoms with Crippen molar-refractivity contribution in [3.63, 3.8) is 0 Å². The summed E-state index contributed by atoms with van der Waals surface area (Å²) >= 11 is 0. The first-order valence-corrected chi connectivity index (χ1v) is 4.66. The van der Waals surface area contributed by atoms with E-state index in [0.29, 0.717) is 6.04 Å². The maximum Gasteiger partial charge on any atom is 0.0201 e. The Morgan fingerprint density at radius 2 is 1.92 bits per heavy atom. The first-order chi connectivity index (χ1) is 6.18. The SMILES string of the molecule is C=C(Cc1ccccc1)NC(C)C. The van der Waals surface area contributed by atoms with Gasteiger partial charge in [-0.15, -0.1) is 0 Å². The monoisotopic (exact) mass is 175 g/mol. The standard InChI is InChI=1S/C12H17N/c1-10(2)13-11(3)9-12-7-5-4-6-8-12/h4-8,10,13H,3,9H2,1-2H3. The van der Waals surface area contributed by atoms with Crippen LogP contribution < -0.4 is 5.32 Å². The minimum atomic E-state index is 0.469. The highest BCUT2D eigenvalue weighted by atomic mass is 14.9. The maximum atomic E-state index is 3.98. The van der Waals surface area contributed by atoms with Crippen LogP contribution in [0.5, 0.6) is 0 Å². The van der Waals surface area contributed by atoms with Crippen molar-refractivity contribution in [2.75, 3.05) is 0 Å². The van der Waals surface area contributed by atoms with Gasteiger partial charge in [0.25, 0.3) is 0 Å². The molecule has 13 heavy (non-hydrogen) atoms. The highest BCUT2D eigenvalue weighted by Gasteiger charge is 1.97. The van der Waals surface area contributed by atoms with E-state index in [0.717, 1.165) is 12.1 Å². The fourth-order valence-corrected chi connectivity index (χ4v) is 1.30. The van der Waals surface area contributed by atoms with Gasteiger partial charge in [-0.25, -0.2) is 0 Å². The van der Waals surface area contributed by atoms with Gasteiger partial charge >= 0.3 is 0 Å². The molecule has 0 saturated carbocycles. The number of allylic oxidation sites excluding steroid dienone is 1. The van der Waals surface area contributed by atoms with Crippen LogP contribution in [0.3, 0.4) is 0 Å². The van der Waals surface area contributed by atoms with Crippen molar-refractivity contribution < 1.29 is 0 Å². The summed E-state index contributed by atoms with van der Waals surface area (Å²) in [5, 5.41) is 3.30. The van der Waals surface area contributed by atoms with Gasteiger partial charge in [0.1, 0.15) is 0 Å². The summed E-state index contributed by atoms with van der Waals surface area (Å²) in [6.07, 6.45) is 0.916. The summed E-state index contributed by atoms with van der Waals surface area (Å²) in [4.78, 5) is 0. The lowest BCUT2D eigenvalue weighted by atomic mass is 10.1. The third kappa shape index (κ3) is 3.79. The number of rotatable bonds is 4. The average molecular weight is 175 g/mol. The predicted molar refractivity (Wildman–Crippen MR) is 57.6 cm³/mol. The second kappa shape index (κ2) is 4.70. The quantitative estimate of drug-likeness (QED) is 0.742. The second-order valence-corrected chi connectivity index (χ2v) is 3.56. The Morgan fingerprint density at radius 1 is 1.31 bits per heavy atom. The normalized spacial score (nSPS) is 10.1. The van der Waals surface area contributed by atoms with Crippen LogP contribution in [-0.2, 0) is 6.42 Å². The van der Waals surface area contributed by atoms with Gasteiger partial charge in [-0.3, -0.25) is 0 Å². The Labute approximate surface area is 80.5 Å². The summed E-state index contributed by atoms with van der Waals surface area (Å²) in [6.45, 7) is 8.22. The molecule has 0 aromatic heterocycles. The van der Waals surface area contributed by atoms with Gasteiger partial charge < -0.3 is 5.32 Å². The molecule has 0 aliphatic rings. The third-order valence-electron chi connectivity index (χ3n) is 1.75. The molecule has 1 nitrogen and oxygen atoms in total. The second-order valence-electron chi connectivity index (χ2n) is 3.56. The Morgan fingerprint density at radius 3 is 2.46 bits per heavy atom. The number of benzene rings is 1. The van der Waals surface area contributed by atoms with E-state index >= 15 is 0 Å². The Balaban J connectivity index is 2.46. The summed E-state index contributed by atoms with van der Waals surface area (Å²) in [7, 11) is 0. The van der Waals surface area contributed by atoms with E-state index in [2.05, 4.69) is 50.0 Å². The largest absolute Gasteiger partial charge is 0.386 e. The van der Waals surface area contributed by atoms with Crippen LogP contribution in [0.15, 0.2) is 42.6 Å². The van der Waals surface area contributed by atoms with E-state index in [-0.39, 0.29) is 0 Å². The first kappa shape index (κ1) is 9.85. The van der Waals surface area contributed by atoms with Crippen molar-refractivity contribution in [2.45, 2.75) is 26.3 Å². The van der Waals surface area contributed by atoms with Gasteiger partial charge in [0, 0.05) is 18.2 Å². The third-order valence-corrected chi connectivity index (χ3v) is 1.75. The molecule has 1 N–H and O–H groups in total. The molecule has 0 radical (unpaired) electrons. The number of nitrogens with one attached hydrogen (secondary N) is 1. The number of hydrogen-bond acceptors (Lipinski definition) is 1. The summed E-state index contributed by atoms with van der Waals surface area (Å²) in [6, 6.07) is 10.8. The molecule has 1 rings (SSSR count). The zero-order valence-corrected chi connectivity index (χ0v) is 8.38. The molecule has 0 saturated heterocycles. The van der Waals surface area contributed by atoms with Crippen molar-refractivity contribution >= 4 is 0 Å². The minimum Gasteiger partial charge on any atom is -0.386 e. The molecular formula is C12H17N. The zero-order chi connectivity index (χ0) is 9.68. The molecule has 0 heterocycles. The molecule has 1 heteroatoms. The lowest BCUT2D eigenvalue weighted by Crippen LogP contribution is -2.22. The van der Waals surface area contributed by atoms with Crippen molar-refractivity contribution in [3.05, 3.63) is 48.2 Å². The topological polar surface area (TPSA) is 12.0 Å². The fraction of sp³-hybridized carbons (Fsp3) is 0.333. The number of hydrogen-bond donors (Lipinski definition) is 1. The lowest BCUT2D eigenvalue weighted by Gasteiger charge is -2.12. The molecule has 1 aromatic carbocycles. The van der Waals surface area contributed by atoms with Gasteiger partial charge in [-0.05, 0) is 19.4 Å². The van der Waals surface area contributed by atoms with Crippen LogP contribution in [0.25, 0.3) is 0 Å². The average Bonchev–Trinajstić information content (AvgIpc) is 2.04. The Hall–Kier alpha value is -1.24. The molecule has 0 fully saturated rings. The van der Waals surface area contributed by atoms with E-state index in [4.69, 9.17) is 0 Å². The molecular weight excluding hydrogens is 158 g/mol. The molecule has 0 unspecified atom stereocenters. The summed E-state index contributed by atoms with van der Waals surface area (Å²) in [5.74, 6) is 0. The van der Waals surface area contributed by atoms with Crippen molar-refractivity contribution in [2.24, 2.45) is 0 Å². The van der Waals surface area contributed by atoms with Crippen LogP contribution in [-0.4, -0.2) is 6.04 Å². The van der Waals surface area contributed by atoms with E-state index in [1.807, 2.05) is 6.07 Å². The van der Waals surface area contributed by atoms with Gasteiger partial charge in [0.2, 0.25) is 0 Å². The predicted octanol–water partition coefficient (Wildman–Crippen LogP) is 2.74. The highest BCUT2D eigenvalue weighted by molar-refractivity contribution is 5.19. The van der Waals surface area contributed by atoms with Crippen molar-refractivity contribution in [1.29, 1.82) is 0 Å². The Bertz CT molecular complexity index is 262. The van der Waals surface area contributed by atoms with E-state index < -0.39 is 0 Å². The van der Waals surface area contributed by atoms with E-state index in [9.17, 15) is 0 Å². The highest BCUT2D eigenvalue weighted by Crippen LogP contribution is 2.04. The molecule has 0 amide bonds.